The SMILES string of the molecule is Cc1cccc(N)c1C=CCS. The van der Waals surface area contributed by atoms with Crippen LogP contribution in [0.5, 0.6) is 0 Å². The highest BCUT2D eigenvalue weighted by molar-refractivity contribution is 7.80. The molecule has 2 N–H and O–H groups in total. The first-order chi connectivity index (χ1) is 5.75. The molecule has 0 aliphatic rings. The zero-order valence-corrected chi connectivity index (χ0v) is 8.01. The first-order valence-electron chi connectivity index (χ1n) is 3.88. The van der Waals surface area contributed by atoms with E-state index in [4.69, 9.17) is 5.73 Å². The molecule has 0 radical (unpaired) electrons. The number of hydrogen-bond acceptors (Lipinski definition) is 2. The second kappa shape index (κ2) is 4.21. The Hall–Kier alpha value is -0.890. The number of nitrogen functional groups attached to an aromatic ring is 1. The molecule has 12 heavy (non-hydrogen) atoms. The third-order valence-electron chi connectivity index (χ3n) is 1.75. The van der Waals surface area contributed by atoms with Gasteiger partial charge in [-0.1, -0.05) is 24.3 Å². The van der Waals surface area contributed by atoms with Gasteiger partial charge in [0.15, 0.2) is 0 Å². The average Bonchev–Trinajstić information content (AvgIpc) is 2.04. The first kappa shape index (κ1) is 9.20. The zero-order chi connectivity index (χ0) is 8.97. The fourth-order valence-corrected chi connectivity index (χ4v) is 1.21. The molecule has 0 aliphatic heterocycles. The van der Waals surface area contributed by atoms with E-state index in [0.29, 0.717) is 0 Å². The Morgan fingerprint density at radius 3 is 2.83 bits per heavy atom. The molecule has 0 saturated carbocycles. The van der Waals surface area contributed by atoms with Gasteiger partial charge in [0.05, 0.1) is 0 Å². The van der Waals surface area contributed by atoms with Crippen molar-refractivity contribution in [2.24, 2.45) is 0 Å². The molecule has 0 bridgehead atoms. The van der Waals surface area contributed by atoms with Gasteiger partial charge in [0.25, 0.3) is 0 Å². The molecule has 2 heteroatoms. The van der Waals surface area contributed by atoms with Crippen LogP contribution in [0.4, 0.5) is 5.69 Å². The number of nitrogens with two attached hydrogens (primary N) is 1. The van der Waals surface area contributed by atoms with Crippen LogP contribution in [0.15, 0.2) is 24.3 Å². The van der Waals surface area contributed by atoms with Crippen molar-refractivity contribution in [3.8, 4) is 0 Å². The monoisotopic (exact) mass is 179 g/mol. The Kier molecular flexibility index (Phi) is 3.23. The molecule has 0 atom stereocenters. The van der Waals surface area contributed by atoms with Crippen LogP contribution in [0.25, 0.3) is 6.08 Å². The second-order valence-electron chi connectivity index (χ2n) is 2.66. The molecule has 1 nitrogen and oxygen atoms in total. The smallest absolute Gasteiger partial charge is 0.0390 e. The van der Waals surface area contributed by atoms with Gasteiger partial charge in [-0.3, -0.25) is 0 Å². The fourth-order valence-electron chi connectivity index (χ4n) is 1.10. The van der Waals surface area contributed by atoms with Gasteiger partial charge in [-0.25, -0.2) is 0 Å². The van der Waals surface area contributed by atoms with Crippen LogP contribution in [-0.4, -0.2) is 5.75 Å². The fraction of sp³-hybridized carbons (Fsp3) is 0.200. The minimum atomic E-state index is 0.744. The highest BCUT2D eigenvalue weighted by atomic mass is 32.1. The van der Waals surface area contributed by atoms with E-state index in [1.54, 1.807) is 0 Å². The molecule has 0 unspecified atom stereocenters. The van der Waals surface area contributed by atoms with Crippen molar-refractivity contribution in [1.29, 1.82) is 0 Å². The number of anilines is 1. The van der Waals surface area contributed by atoms with Crippen molar-refractivity contribution in [3.63, 3.8) is 0 Å². The molecule has 0 heterocycles. The Morgan fingerprint density at radius 1 is 1.50 bits per heavy atom. The molecule has 64 valence electrons. The Bertz CT molecular complexity index is 272. The van der Waals surface area contributed by atoms with Gasteiger partial charge < -0.3 is 5.73 Å². The van der Waals surface area contributed by atoms with Crippen molar-refractivity contribution >= 4 is 24.4 Å². The summed E-state index contributed by atoms with van der Waals surface area (Å²) < 4.78 is 0. The third kappa shape index (κ3) is 2.05. The van der Waals surface area contributed by atoms with Crippen LogP contribution in [0.3, 0.4) is 0 Å². The van der Waals surface area contributed by atoms with Crippen LogP contribution in [0, 0.1) is 6.92 Å². The van der Waals surface area contributed by atoms with E-state index >= 15 is 0 Å². The van der Waals surface area contributed by atoms with Crippen LogP contribution in [-0.2, 0) is 0 Å². The summed E-state index contributed by atoms with van der Waals surface area (Å²) in [6.07, 6.45) is 4.00. The summed E-state index contributed by atoms with van der Waals surface area (Å²) in [7, 11) is 0. The lowest BCUT2D eigenvalue weighted by atomic mass is 10.1. The van der Waals surface area contributed by atoms with Crippen molar-refractivity contribution in [3.05, 3.63) is 35.4 Å². The highest BCUT2D eigenvalue weighted by Gasteiger charge is 1.96. The topological polar surface area (TPSA) is 26.0 Å². The van der Waals surface area contributed by atoms with Gasteiger partial charge >= 0.3 is 0 Å². The number of hydrogen-bond donors (Lipinski definition) is 2. The molecule has 0 aliphatic carbocycles. The lowest BCUT2D eigenvalue weighted by molar-refractivity contribution is 1.44. The minimum absolute atomic E-state index is 0.744. The molecule has 1 rings (SSSR count). The molecule has 0 saturated heterocycles. The van der Waals surface area contributed by atoms with Gasteiger partial charge in [-0.2, -0.15) is 12.6 Å². The van der Waals surface area contributed by atoms with Crippen molar-refractivity contribution in [2.75, 3.05) is 11.5 Å². The van der Waals surface area contributed by atoms with Gasteiger partial charge in [-0.05, 0) is 18.6 Å². The maximum atomic E-state index is 5.79. The van der Waals surface area contributed by atoms with Crippen LogP contribution >= 0.6 is 12.6 Å². The maximum absolute atomic E-state index is 5.79. The molecule has 0 amide bonds. The Labute approximate surface area is 78.7 Å². The molecule has 0 spiro atoms. The predicted octanol–water partition coefficient (Wildman–Crippen LogP) is 2.52. The average molecular weight is 179 g/mol. The number of rotatable bonds is 2. The van der Waals surface area contributed by atoms with Gasteiger partial charge in [0.2, 0.25) is 0 Å². The third-order valence-corrected chi connectivity index (χ3v) is 1.96. The minimum Gasteiger partial charge on any atom is -0.398 e. The van der Waals surface area contributed by atoms with E-state index in [2.05, 4.69) is 25.6 Å². The van der Waals surface area contributed by atoms with Crippen LogP contribution < -0.4 is 5.73 Å². The predicted molar refractivity (Wildman–Crippen MR) is 58.5 cm³/mol. The standard InChI is InChI=1S/C10H13NS/c1-8-4-2-6-10(11)9(8)5-3-7-12/h2-6,12H,7,11H2,1H3. The number of benzene rings is 1. The van der Waals surface area contributed by atoms with E-state index in [9.17, 15) is 0 Å². The molecule has 1 aromatic carbocycles. The largest absolute Gasteiger partial charge is 0.398 e. The zero-order valence-electron chi connectivity index (χ0n) is 7.12. The van der Waals surface area contributed by atoms with E-state index < -0.39 is 0 Å². The van der Waals surface area contributed by atoms with E-state index in [1.165, 1.54) is 5.56 Å². The maximum Gasteiger partial charge on any atom is 0.0390 e. The second-order valence-corrected chi connectivity index (χ2v) is 3.03. The molecule has 1 aromatic rings. The summed E-state index contributed by atoms with van der Waals surface area (Å²) in [5.41, 5.74) is 8.92. The van der Waals surface area contributed by atoms with Crippen molar-refractivity contribution in [2.45, 2.75) is 6.92 Å². The van der Waals surface area contributed by atoms with E-state index in [0.717, 1.165) is 17.0 Å². The molecule has 0 aromatic heterocycles. The Morgan fingerprint density at radius 2 is 2.25 bits per heavy atom. The summed E-state index contributed by atoms with van der Waals surface area (Å²) in [6, 6.07) is 5.92. The molecular formula is C10H13NS. The van der Waals surface area contributed by atoms with Crippen molar-refractivity contribution < 1.29 is 0 Å². The van der Waals surface area contributed by atoms with Gasteiger partial charge in [-0.15, -0.1) is 0 Å². The van der Waals surface area contributed by atoms with Crippen LogP contribution in [0.2, 0.25) is 0 Å². The van der Waals surface area contributed by atoms with Crippen LogP contribution in [0.1, 0.15) is 11.1 Å². The number of thiol groups is 1. The van der Waals surface area contributed by atoms with E-state index in [1.807, 2.05) is 24.3 Å². The summed E-state index contributed by atoms with van der Waals surface area (Å²) in [5.74, 6) is 0.744. The Balaban J connectivity index is 3.04. The summed E-state index contributed by atoms with van der Waals surface area (Å²) in [5, 5.41) is 0. The summed E-state index contributed by atoms with van der Waals surface area (Å²) >= 11 is 4.09. The lowest BCUT2D eigenvalue weighted by Crippen LogP contribution is -1.91. The highest BCUT2D eigenvalue weighted by Crippen LogP contribution is 2.17. The quantitative estimate of drug-likeness (QED) is 0.529. The van der Waals surface area contributed by atoms with Gasteiger partial charge in [0.1, 0.15) is 0 Å². The summed E-state index contributed by atoms with van der Waals surface area (Å²) in [6.45, 7) is 2.05. The summed E-state index contributed by atoms with van der Waals surface area (Å²) in [4.78, 5) is 0. The lowest BCUT2D eigenvalue weighted by Gasteiger charge is -2.03. The number of aryl methyl sites for hydroxylation is 1. The molecule has 0 fully saturated rings. The van der Waals surface area contributed by atoms with Crippen molar-refractivity contribution in [1.82, 2.24) is 0 Å². The molecular weight excluding hydrogens is 166 g/mol. The van der Waals surface area contributed by atoms with E-state index in [-0.39, 0.29) is 0 Å². The first-order valence-corrected chi connectivity index (χ1v) is 4.51. The normalized spacial score (nSPS) is 10.8. The van der Waals surface area contributed by atoms with Gasteiger partial charge in [0, 0.05) is 17.0 Å².